The van der Waals surface area contributed by atoms with Gasteiger partial charge in [-0.15, -0.1) is 0 Å². The fourth-order valence-corrected chi connectivity index (χ4v) is 2.35. The maximum atomic E-state index is 5.55. The minimum absolute atomic E-state index is 0.326. The molecule has 0 aliphatic rings. The zero-order valence-electron chi connectivity index (χ0n) is 9.14. The molecule has 2 heterocycles. The van der Waals surface area contributed by atoms with Gasteiger partial charge in [0.1, 0.15) is 5.69 Å². The predicted octanol–water partition coefficient (Wildman–Crippen LogP) is 3.18. The third-order valence-electron chi connectivity index (χ3n) is 2.76. The van der Waals surface area contributed by atoms with E-state index in [9.17, 15) is 0 Å². The van der Waals surface area contributed by atoms with Crippen LogP contribution in [0.4, 0.5) is 5.88 Å². The molecule has 0 aliphatic carbocycles. The van der Waals surface area contributed by atoms with E-state index in [1.165, 1.54) is 0 Å². The summed E-state index contributed by atoms with van der Waals surface area (Å²) in [6.07, 6.45) is 2.02. The van der Waals surface area contributed by atoms with Gasteiger partial charge in [-0.05, 0) is 18.2 Å². The first-order chi connectivity index (χ1) is 8.15. The first-order valence-electron chi connectivity index (χ1n) is 5.12. The number of aryl methyl sites for hydroxylation is 1. The molecule has 0 unspecified atom stereocenters. The third kappa shape index (κ3) is 1.63. The molecule has 5 heteroatoms. The summed E-state index contributed by atoms with van der Waals surface area (Å²) >= 11 is 3.48. The van der Waals surface area contributed by atoms with E-state index in [2.05, 4.69) is 37.8 Å². The highest BCUT2D eigenvalue weighted by molar-refractivity contribution is 9.10. The fraction of sp³-hybridized carbons (Fsp3) is 0.0833. The van der Waals surface area contributed by atoms with E-state index in [0.29, 0.717) is 5.88 Å². The minimum Gasteiger partial charge on any atom is -0.368 e. The normalized spacial score (nSPS) is 11.2. The van der Waals surface area contributed by atoms with E-state index in [1.54, 1.807) is 6.07 Å². The van der Waals surface area contributed by atoms with E-state index in [4.69, 9.17) is 10.3 Å². The lowest BCUT2D eigenvalue weighted by molar-refractivity contribution is 0.439. The maximum Gasteiger partial charge on any atom is 0.222 e. The molecule has 0 amide bonds. The molecular weight excluding hydrogens is 282 g/mol. The lowest BCUT2D eigenvalue weighted by Gasteiger charge is -1.96. The molecule has 0 bridgehead atoms. The second-order valence-electron chi connectivity index (χ2n) is 3.93. The molecule has 86 valence electrons. The molecule has 0 spiro atoms. The quantitative estimate of drug-likeness (QED) is 0.749. The highest BCUT2D eigenvalue weighted by Gasteiger charge is 2.12. The Balaban J connectivity index is 2.33. The van der Waals surface area contributed by atoms with Crippen molar-refractivity contribution in [3.05, 3.63) is 34.9 Å². The number of nitrogens with zero attached hydrogens (tertiary/aromatic N) is 2. The number of hydrogen-bond acceptors (Lipinski definition) is 3. The lowest BCUT2D eigenvalue weighted by atomic mass is 10.1. The molecular formula is C12H10BrN3O. The van der Waals surface area contributed by atoms with Gasteiger partial charge in [0.05, 0.1) is 0 Å². The monoisotopic (exact) mass is 291 g/mol. The van der Waals surface area contributed by atoms with Crippen LogP contribution in [0.25, 0.3) is 22.2 Å². The second-order valence-corrected chi connectivity index (χ2v) is 4.85. The Morgan fingerprint density at radius 2 is 2.18 bits per heavy atom. The highest BCUT2D eigenvalue weighted by atomic mass is 79.9. The smallest absolute Gasteiger partial charge is 0.222 e. The molecule has 0 atom stereocenters. The first-order valence-corrected chi connectivity index (χ1v) is 5.91. The summed E-state index contributed by atoms with van der Waals surface area (Å²) in [7, 11) is 2.00. The largest absolute Gasteiger partial charge is 0.368 e. The van der Waals surface area contributed by atoms with Crippen molar-refractivity contribution >= 4 is 32.7 Å². The van der Waals surface area contributed by atoms with Crippen LogP contribution in [-0.4, -0.2) is 9.72 Å². The Hall–Kier alpha value is -1.75. The van der Waals surface area contributed by atoms with Crippen molar-refractivity contribution in [2.45, 2.75) is 0 Å². The number of anilines is 1. The van der Waals surface area contributed by atoms with Crippen LogP contribution in [0.15, 0.2) is 39.5 Å². The van der Waals surface area contributed by atoms with E-state index in [-0.39, 0.29) is 0 Å². The number of rotatable bonds is 1. The summed E-state index contributed by atoms with van der Waals surface area (Å²) in [5.74, 6) is 0.326. The average Bonchev–Trinajstić information content (AvgIpc) is 2.83. The van der Waals surface area contributed by atoms with Crippen LogP contribution in [0.5, 0.6) is 0 Å². The molecule has 0 saturated carbocycles. The van der Waals surface area contributed by atoms with Crippen molar-refractivity contribution in [2.24, 2.45) is 7.05 Å². The zero-order valence-corrected chi connectivity index (χ0v) is 10.7. The summed E-state index contributed by atoms with van der Waals surface area (Å²) in [5, 5.41) is 5.07. The van der Waals surface area contributed by atoms with Gasteiger partial charge in [0.25, 0.3) is 0 Å². The van der Waals surface area contributed by atoms with Crippen molar-refractivity contribution in [3.63, 3.8) is 0 Å². The van der Waals surface area contributed by atoms with E-state index in [1.807, 2.05) is 19.3 Å². The van der Waals surface area contributed by atoms with Crippen LogP contribution in [-0.2, 0) is 7.05 Å². The topological polar surface area (TPSA) is 57.0 Å². The van der Waals surface area contributed by atoms with Gasteiger partial charge >= 0.3 is 0 Å². The van der Waals surface area contributed by atoms with Crippen LogP contribution >= 0.6 is 15.9 Å². The Kier molecular flexibility index (Phi) is 2.22. The summed E-state index contributed by atoms with van der Waals surface area (Å²) in [6, 6.07) is 7.88. The van der Waals surface area contributed by atoms with Gasteiger partial charge in [-0.3, -0.25) is 0 Å². The molecule has 0 aliphatic heterocycles. The molecule has 0 fully saturated rings. The number of benzene rings is 1. The van der Waals surface area contributed by atoms with E-state index < -0.39 is 0 Å². The molecule has 0 radical (unpaired) electrons. The van der Waals surface area contributed by atoms with Crippen molar-refractivity contribution in [1.29, 1.82) is 0 Å². The third-order valence-corrected chi connectivity index (χ3v) is 3.25. The van der Waals surface area contributed by atoms with Crippen molar-refractivity contribution < 1.29 is 4.52 Å². The van der Waals surface area contributed by atoms with Gasteiger partial charge in [0.2, 0.25) is 5.88 Å². The van der Waals surface area contributed by atoms with Gasteiger partial charge in [-0.1, -0.05) is 21.1 Å². The molecule has 1 aromatic carbocycles. The molecule has 2 N–H and O–H groups in total. The number of nitrogen functional groups attached to an aromatic ring is 1. The Morgan fingerprint density at radius 1 is 1.35 bits per heavy atom. The second kappa shape index (κ2) is 3.63. The summed E-state index contributed by atoms with van der Waals surface area (Å²) in [6.45, 7) is 0. The van der Waals surface area contributed by atoms with Gasteiger partial charge in [0, 0.05) is 40.2 Å². The SMILES string of the molecule is Cn1cc(-c2cc(N)on2)c2cc(Br)ccc21. The Labute approximate surface area is 106 Å². The maximum absolute atomic E-state index is 5.55. The van der Waals surface area contributed by atoms with Crippen molar-refractivity contribution in [2.75, 3.05) is 5.73 Å². The Bertz CT molecular complexity index is 699. The number of nitrogens with two attached hydrogens (primary N) is 1. The zero-order chi connectivity index (χ0) is 12.0. The molecule has 0 saturated heterocycles. The van der Waals surface area contributed by atoms with Crippen LogP contribution in [0.2, 0.25) is 0 Å². The van der Waals surface area contributed by atoms with Gasteiger partial charge in [-0.2, -0.15) is 0 Å². The first kappa shape index (κ1) is 10.4. The number of aromatic nitrogens is 2. The molecule has 2 aromatic heterocycles. The number of halogens is 1. The predicted molar refractivity (Wildman–Crippen MR) is 70.5 cm³/mol. The van der Waals surface area contributed by atoms with Crippen LogP contribution in [0.3, 0.4) is 0 Å². The number of hydrogen-bond donors (Lipinski definition) is 1. The highest BCUT2D eigenvalue weighted by Crippen LogP contribution is 2.32. The van der Waals surface area contributed by atoms with Crippen molar-refractivity contribution in [3.8, 4) is 11.3 Å². The fourth-order valence-electron chi connectivity index (χ4n) is 1.98. The summed E-state index contributed by atoms with van der Waals surface area (Å²) in [4.78, 5) is 0. The van der Waals surface area contributed by atoms with Crippen molar-refractivity contribution in [1.82, 2.24) is 9.72 Å². The van der Waals surface area contributed by atoms with Crippen LogP contribution in [0.1, 0.15) is 0 Å². The molecule has 3 aromatic rings. The van der Waals surface area contributed by atoms with Crippen LogP contribution in [0, 0.1) is 0 Å². The molecule has 17 heavy (non-hydrogen) atoms. The minimum atomic E-state index is 0.326. The summed E-state index contributed by atoms with van der Waals surface area (Å²) in [5.41, 5.74) is 8.47. The molecule has 3 rings (SSSR count). The van der Waals surface area contributed by atoms with Gasteiger partial charge in [0.15, 0.2) is 0 Å². The molecule has 4 nitrogen and oxygen atoms in total. The van der Waals surface area contributed by atoms with Gasteiger partial charge < -0.3 is 14.8 Å². The summed E-state index contributed by atoms with van der Waals surface area (Å²) < 4.78 is 8.01. The average molecular weight is 292 g/mol. The van der Waals surface area contributed by atoms with E-state index in [0.717, 1.165) is 26.6 Å². The van der Waals surface area contributed by atoms with Gasteiger partial charge in [-0.25, -0.2) is 0 Å². The lowest BCUT2D eigenvalue weighted by Crippen LogP contribution is -1.82. The Morgan fingerprint density at radius 3 is 2.88 bits per heavy atom. The standard InChI is InChI=1S/C12H10BrN3O/c1-16-6-9(10-5-12(14)17-15-10)8-4-7(13)2-3-11(8)16/h2-6H,14H2,1H3. The number of fused-ring (bicyclic) bond motifs is 1. The van der Waals surface area contributed by atoms with E-state index >= 15 is 0 Å². The van der Waals surface area contributed by atoms with Crippen LogP contribution < -0.4 is 5.73 Å².